The molecular formula is C14H12Cl2N2O. The third kappa shape index (κ3) is 3.53. The average Bonchev–Trinajstić information content (AvgIpc) is 2.43. The van der Waals surface area contributed by atoms with Gasteiger partial charge in [-0.05, 0) is 29.8 Å². The summed E-state index contributed by atoms with van der Waals surface area (Å²) in [5, 5.41) is 0.927. The number of nitrogens with two attached hydrogens (primary N) is 1. The maximum Gasteiger partial charge on any atom is 0.167 e. The van der Waals surface area contributed by atoms with Crippen LogP contribution in [0.15, 0.2) is 36.5 Å². The van der Waals surface area contributed by atoms with Gasteiger partial charge in [0.2, 0.25) is 0 Å². The zero-order valence-electron chi connectivity index (χ0n) is 10.1. The number of rotatable bonds is 4. The molecule has 0 saturated carbocycles. The Kier molecular flexibility index (Phi) is 4.53. The van der Waals surface area contributed by atoms with E-state index in [9.17, 15) is 4.79 Å². The molecule has 0 fully saturated rings. The van der Waals surface area contributed by atoms with E-state index in [-0.39, 0.29) is 12.2 Å². The minimum atomic E-state index is -0.00418. The van der Waals surface area contributed by atoms with Crippen LogP contribution in [-0.2, 0) is 13.0 Å². The van der Waals surface area contributed by atoms with Gasteiger partial charge in [0.1, 0.15) is 0 Å². The molecule has 2 rings (SSSR count). The zero-order valence-corrected chi connectivity index (χ0v) is 11.6. The van der Waals surface area contributed by atoms with Crippen molar-refractivity contribution >= 4 is 29.0 Å². The summed E-state index contributed by atoms with van der Waals surface area (Å²) in [5.41, 5.74) is 7.62. The zero-order chi connectivity index (χ0) is 13.8. The second-order valence-electron chi connectivity index (χ2n) is 4.09. The quantitative estimate of drug-likeness (QED) is 0.881. The van der Waals surface area contributed by atoms with Crippen LogP contribution in [0.4, 0.5) is 0 Å². The van der Waals surface area contributed by atoms with E-state index in [4.69, 9.17) is 28.9 Å². The molecule has 0 amide bonds. The van der Waals surface area contributed by atoms with Crippen molar-refractivity contribution in [2.75, 3.05) is 0 Å². The number of pyridine rings is 1. The molecule has 5 heteroatoms. The molecule has 0 unspecified atom stereocenters. The van der Waals surface area contributed by atoms with Gasteiger partial charge in [0.05, 0.1) is 15.7 Å². The Labute approximate surface area is 121 Å². The molecule has 3 nitrogen and oxygen atoms in total. The lowest BCUT2D eigenvalue weighted by molar-refractivity contribution is 0.0993. The summed E-state index contributed by atoms with van der Waals surface area (Å²) in [6.07, 6.45) is 1.86. The summed E-state index contributed by atoms with van der Waals surface area (Å²) >= 11 is 11.8. The van der Waals surface area contributed by atoms with E-state index in [1.165, 1.54) is 0 Å². The van der Waals surface area contributed by atoms with Crippen molar-refractivity contribution < 1.29 is 4.79 Å². The van der Waals surface area contributed by atoms with Gasteiger partial charge in [0.15, 0.2) is 5.78 Å². The van der Waals surface area contributed by atoms with Crippen molar-refractivity contribution in [3.05, 3.63) is 63.4 Å². The average molecular weight is 295 g/mol. The predicted octanol–water partition coefficient (Wildman–Crippen LogP) is 3.27. The number of aromatic nitrogens is 1. The van der Waals surface area contributed by atoms with E-state index >= 15 is 0 Å². The van der Waals surface area contributed by atoms with Crippen LogP contribution in [-0.4, -0.2) is 10.8 Å². The van der Waals surface area contributed by atoms with Gasteiger partial charge in [-0.2, -0.15) is 0 Å². The highest BCUT2D eigenvalue weighted by molar-refractivity contribution is 6.42. The van der Waals surface area contributed by atoms with Gasteiger partial charge >= 0.3 is 0 Å². The molecule has 0 bridgehead atoms. The third-order valence-corrected chi connectivity index (χ3v) is 3.44. The van der Waals surface area contributed by atoms with Crippen LogP contribution in [0.25, 0.3) is 0 Å². The maximum absolute atomic E-state index is 12.1. The number of Topliss-reactive ketones (excluding diaryl/α,β-unsaturated/α-hetero) is 1. The summed E-state index contributed by atoms with van der Waals surface area (Å²) in [6.45, 7) is 0.313. The Bertz CT molecular complexity index is 614. The Morgan fingerprint density at radius 2 is 1.95 bits per heavy atom. The number of carbonyl (C=O) groups excluding carboxylic acids is 1. The number of ketones is 1. The van der Waals surface area contributed by atoms with E-state index < -0.39 is 0 Å². The highest BCUT2D eigenvalue weighted by atomic mass is 35.5. The van der Waals surface area contributed by atoms with Crippen molar-refractivity contribution in [3.8, 4) is 0 Å². The monoisotopic (exact) mass is 294 g/mol. The van der Waals surface area contributed by atoms with Crippen LogP contribution in [0.5, 0.6) is 0 Å². The van der Waals surface area contributed by atoms with Crippen LogP contribution in [0, 0.1) is 0 Å². The first-order valence-electron chi connectivity index (χ1n) is 5.72. The first kappa shape index (κ1) is 14.0. The van der Waals surface area contributed by atoms with Crippen LogP contribution in [0.2, 0.25) is 10.0 Å². The Hall–Kier alpha value is -1.42. The minimum Gasteiger partial charge on any atom is -0.325 e. The fourth-order valence-electron chi connectivity index (χ4n) is 1.70. The molecule has 0 aliphatic rings. The van der Waals surface area contributed by atoms with Crippen molar-refractivity contribution in [2.24, 2.45) is 5.73 Å². The maximum atomic E-state index is 12.1. The first-order valence-corrected chi connectivity index (χ1v) is 6.48. The Balaban J connectivity index is 2.18. The minimum absolute atomic E-state index is 0.00418. The number of benzene rings is 1. The summed E-state index contributed by atoms with van der Waals surface area (Å²) in [6, 6.07) is 8.56. The summed E-state index contributed by atoms with van der Waals surface area (Å²) in [7, 11) is 0. The van der Waals surface area contributed by atoms with Crippen LogP contribution >= 0.6 is 23.2 Å². The number of halogens is 2. The second kappa shape index (κ2) is 6.15. The molecule has 2 aromatic rings. The molecule has 1 aromatic carbocycles. The third-order valence-electron chi connectivity index (χ3n) is 2.70. The lowest BCUT2D eigenvalue weighted by atomic mass is 10.0. The van der Waals surface area contributed by atoms with E-state index in [0.717, 1.165) is 5.56 Å². The lowest BCUT2D eigenvalue weighted by Crippen LogP contribution is -2.06. The van der Waals surface area contributed by atoms with E-state index in [1.54, 1.807) is 36.5 Å². The van der Waals surface area contributed by atoms with Crippen LogP contribution in [0.3, 0.4) is 0 Å². The van der Waals surface area contributed by atoms with Gasteiger partial charge in [0, 0.05) is 24.7 Å². The summed E-state index contributed by atoms with van der Waals surface area (Å²) in [4.78, 5) is 16.2. The molecule has 0 aliphatic carbocycles. The molecule has 1 heterocycles. The highest BCUT2D eigenvalue weighted by Gasteiger charge is 2.09. The van der Waals surface area contributed by atoms with E-state index in [2.05, 4.69) is 4.98 Å². The number of nitrogens with zero attached hydrogens (tertiary/aromatic N) is 1. The number of hydrogen-bond acceptors (Lipinski definition) is 3. The second-order valence-corrected chi connectivity index (χ2v) is 4.90. The van der Waals surface area contributed by atoms with Crippen molar-refractivity contribution in [2.45, 2.75) is 13.0 Å². The molecule has 0 spiro atoms. The summed E-state index contributed by atoms with van der Waals surface area (Å²) in [5.74, 6) is -0.00418. The molecule has 2 N–H and O–H groups in total. The van der Waals surface area contributed by atoms with Crippen LogP contribution < -0.4 is 5.73 Å². The fraction of sp³-hybridized carbons (Fsp3) is 0.143. The van der Waals surface area contributed by atoms with Gasteiger partial charge in [-0.3, -0.25) is 9.78 Å². The summed E-state index contributed by atoms with van der Waals surface area (Å²) < 4.78 is 0. The van der Waals surface area contributed by atoms with Crippen molar-refractivity contribution in [3.63, 3.8) is 0 Å². The first-order chi connectivity index (χ1) is 9.10. The van der Waals surface area contributed by atoms with Crippen LogP contribution in [0.1, 0.15) is 21.6 Å². The molecule has 19 heavy (non-hydrogen) atoms. The molecule has 0 atom stereocenters. The van der Waals surface area contributed by atoms with Gasteiger partial charge < -0.3 is 5.73 Å². The number of hydrogen-bond donors (Lipinski definition) is 1. The predicted molar refractivity (Wildman–Crippen MR) is 76.6 cm³/mol. The Morgan fingerprint density at radius 3 is 2.63 bits per heavy atom. The largest absolute Gasteiger partial charge is 0.325 e. The fourth-order valence-corrected chi connectivity index (χ4v) is 2.02. The topological polar surface area (TPSA) is 56.0 Å². The molecule has 0 saturated heterocycles. The smallest absolute Gasteiger partial charge is 0.167 e. The van der Waals surface area contributed by atoms with Gasteiger partial charge in [-0.25, -0.2) is 0 Å². The normalized spacial score (nSPS) is 10.5. The van der Waals surface area contributed by atoms with Crippen molar-refractivity contribution in [1.82, 2.24) is 4.98 Å². The number of carbonyl (C=O) groups is 1. The Morgan fingerprint density at radius 1 is 1.16 bits per heavy atom. The van der Waals surface area contributed by atoms with Gasteiger partial charge in [0.25, 0.3) is 0 Å². The standard InChI is InChI=1S/C14H12Cl2N2O/c15-12-2-1-9(5-13(12)16)6-14(19)10-3-4-18-11(7-10)8-17/h1-5,7H,6,8,17H2. The molecule has 98 valence electrons. The molecule has 0 radical (unpaired) electrons. The van der Waals surface area contributed by atoms with Gasteiger partial charge in [-0.15, -0.1) is 0 Å². The lowest BCUT2D eigenvalue weighted by Gasteiger charge is -2.04. The molecule has 1 aromatic heterocycles. The molecule has 0 aliphatic heterocycles. The van der Waals surface area contributed by atoms with E-state index in [0.29, 0.717) is 27.8 Å². The molecular weight excluding hydrogens is 283 g/mol. The van der Waals surface area contributed by atoms with Gasteiger partial charge in [-0.1, -0.05) is 29.3 Å². The van der Waals surface area contributed by atoms with E-state index in [1.807, 2.05) is 0 Å². The highest BCUT2D eigenvalue weighted by Crippen LogP contribution is 2.23. The SMILES string of the molecule is NCc1cc(C(=O)Cc2ccc(Cl)c(Cl)c2)ccn1. The van der Waals surface area contributed by atoms with Crippen molar-refractivity contribution in [1.29, 1.82) is 0 Å².